The van der Waals surface area contributed by atoms with Crippen LogP contribution < -0.4 is 0 Å². The molecule has 1 aromatic carbocycles. The lowest BCUT2D eigenvalue weighted by Gasteiger charge is -2.27. The van der Waals surface area contributed by atoms with Gasteiger partial charge in [-0.1, -0.05) is 30.3 Å². The number of hydrogen-bond acceptors (Lipinski definition) is 3. The third-order valence-electron chi connectivity index (χ3n) is 3.54. The number of alkyl halides is 3. The molecule has 120 valence electrons. The fourth-order valence-corrected chi connectivity index (χ4v) is 2.39. The van der Waals surface area contributed by atoms with Crippen molar-refractivity contribution in [2.75, 3.05) is 6.54 Å². The average Bonchev–Trinajstić information content (AvgIpc) is 2.96. The SMILES string of the molecule is O=C(/C=C\c1ccccc1)N1CCn2c(nnc2C(F)(F)F)C1. The second kappa shape index (κ2) is 5.86. The van der Waals surface area contributed by atoms with Crippen LogP contribution in [-0.2, 0) is 24.1 Å². The highest BCUT2D eigenvalue weighted by molar-refractivity contribution is 5.91. The number of carbonyl (C=O) groups is 1. The Morgan fingerprint density at radius 1 is 1.13 bits per heavy atom. The maximum atomic E-state index is 12.8. The highest BCUT2D eigenvalue weighted by atomic mass is 19.4. The van der Waals surface area contributed by atoms with Crippen molar-refractivity contribution >= 4 is 12.0 Å². The second-order valence-electron chi connectivity index (χ2n) is 5.09. The summed E-state index contributed by atoms with van der Waals surface area (Å²) in [6, 6.07) is 9.28. The lowest BCUT2D eigenvalue weighted by Crippen LogP contribution is -2.38. The quantitative estimate of drug-likeness (QED) is 0.798. The van der Waals surface area contributed by atoms with Gasteiger partial charge in [0.15, 0.2) is 5.82 Å². The van der Waals surface area contributed by atoms with Crippen molar-refractivity contribution < 1.29 is 18.0 Å². The van der Waals surface area contributed by atoms with E-state index in [-0.39, 0.29) is 31.4 Å². The number of aromatic nitrogens is 3. The molecule has 5 nitrogen and oxygen atoms in total. The van der Waals surface area contributed by atoms with Crippen LogP contribution >= 0.6 is 0 Å². The molecule has 0 spiro atoms. The Kier molecular flexibility index (Phi) is 3.89. The molecule has 0 atom stereocenters. The second-order valence-corrected chi connectivity index (χ2v) is 5.09. The zero-order chi connectivity index (χ0) is 16.4. The highest BCUT2D eigenvalue weighted by Crippen LogP contribution is 2.29. The molecule has 1 amide bonds. The van der Waals surface area contributed by atoms with E-state index in [9.17, 15) is 18.0 Å². The number of hydrogen-bond donors (Lipinski definition) is 0. The van der Waals surface area contributed by atoms with Gasteiger partial charge in [0, 0.05) is 19.2 Å². The fraction of sp³-hybridized carbons (Fsp3) is 0.267. The molecule has 0 N–H and O–H groups in total. The summed E-state index contributed by atoms with van der Waals surface area (Å²) in [6.07, 6.45) is -1.46. The molecular formula is C15H13F3N4O. The minimum atomic E-state index is -4.54. The summed E-state index contributed by atoms with van der Waals surface area (Å²) in [5.41, 5.74) is 0.875. The van der Waals surface area contributed by atoms with Crippen LogP contribution in [0.15, 0.2) is 36.4 Å². The lowest BCUT2D eigenvalue weighted by atomic mass is 10.2. The molecule has 1 aliphatic heterocycles. The molecule has 1 aromatic heterocycles. The third-order valence-corrected chi connectivity index (χ3v) is 3.54. The number of rotatable bonds is 2. The number of carbonyl (C=O) groups excluding carboxylic acids is 1. The summed E-state index contributed by atoms with van der Waals surface area (Å²) >= 11 is 0. The van der Waals surface area contributed by atoms with E-state index < -0.39 is 12.0 Å². The molecule has 0 saturated heterocycles. The highest BCUT2D eigenvalue weighted by Gasteiger charge is 2.39. The van der Waals surface area contributed by atoms with Gasteiger partial charge in [0.2, 0.25) is 11.7 Å². The Bertz CT molecular complexity index is 737. The van der Waals surface area contributed by atoms with Crippen molar-refractivity contribution in [3.8, 4) is 0 Å². The maximum absolute atomic E-state index is 12.8. The van der Waals surface area contributed by atoms with Gasteiger partial charge in [-0.05, 0) is 11.6 Å². The molecule has 2 aromatic rings. The summed E-state index contributed by atoms with van der Waals surface area (Å²) < 4.78 is 39.3. The summed E-state index contributed by atoms with van der Waals surface area (Å²) in [5, 5.41) is 6.74. The van der Waals surface area contributed by atoms with Crippen molar-refractivity contribution in [3.63, 3.8) is 0 Å². The standard InChI is InChI=1S/C15H13F3N4O/c16-15(17,18)14-20-19-12-10-21(8-9-22(12)14)13(23)7-6-11-4-2-1-3-5-11/h1-7H,8-10H2/b7-6-. The van der Waals surface area contributed by atoms with Gasteiger partial charge in [-0.25, -0.2) is 0 Å². The molecule has 0 unspecified atom stereocenters. The molecule has 0 fully saturated rings. The smallest absolute Gasteiger partial charge is 0.330 e. The summed E-state index contributed by atoms with van der Waals surface area (Å²) in [4.78, 5) is 13.6. The monoisotopic (exact) mass is 322 g/mol. The fourth-order valence-electron chi connectivity index (χ4n) is 2.39. The minimum absolute atomic E-state index is 0.0149. The number of nitrogens with zero attached hydrogens (tertiary/aromatic N) is 4. The van der Waals surface area contributed by atoms with Crippen LogP contribution in [0.25, 0.3) is 6.08 Å². The summed E-state index contributed by atoms with van der Waals surface area (Å²) in [6.45, 7) is 0.231. The van der Waals surface area contributed by atoms with Gasteiger partial charge in [-0.3, -0.25) is 4.79 Å². The first-order valence-corrected chi connectivity index (χ1v) is 6.96. The van der Waals surface area contributed by atoms with Crippen molar-refractivity contribution in [3.05, 3.63) is 53.6 Å². The van der Waals surface area contributed by atoms with Crippen molar-refractivity contribution in [1.29, 1.82) is 0 Å². The van der Waals surface area contributed by atoms with E-state index in [0.29, 0.717) is 0 Å². The topological polar surface area (TPSA) is 51.0 Å². The number of benzene rings is 1. The van der Waals surface area contributed by atoms with Crippen LogP contribution in [0.1, 0.15) is 17.2 Å². The first-order chi connectivity index (χ1) is 10.9. The number of fused-ring (bicyclic) bond motifs is 1. The largest absolute Gasteiger partial charge is 0.451 e. The molecule has 8 heteroatoms. The van der Waals surface area contributed by atoms with E-state index in [0.717, 1.165) is 10.1 Å². The first-order valence-electron chi connectivity index (χ1n) is 6.96. The van der Waals surface area contributed by atoms with Gasteiger partial charge in [0.05, 0.1) is 6.54 Å². The Hall–Kier alpha value is -2.64. The molecule has 23 heavy (non-hydrogen) atoms. The number of amides is 1. The van der Waals surface area contributed by atoms with Gasteiger partial charge in [0.25, 0.3) is 0 Å². The third kappa shape index (κ3) is 3.25. The molecule has 0 radical (unpaired) electrons. The first kappa shape index (κ1) is 15.3. The van der Waals surface area contributed by atoms with Crippen LogP contribution in [-0.4, -0.2) is 32.1 Å². The molecule has 0 saturated carbocycles. The Labute approximate surface area is 130 Å². The Morgan fingerprint density at radius 3 is 2.57 bits per heavy atom. The van der Waals surface area contributed by atoms with Gasteiger partial charge in [0.1, 0.15) is 0 Å². The van der Waals surface area contributed by atoms with Crippen molar-refractivity contribution in [1.82, 2.24) is 19.7 Å². The van der Waals surface area contributed by atoms with E-state index >= 15 is 0 Å². The molecule has 3 rings (SSSR count). The van der Waals surface area contributed by atoms with Crippen LogP contribution in [0.2, 0.25) is 0 Å². The van der Waals surface area contributed by atoms with Crippen LogP contribution in [0.5, 0.6) is 0 Å². The van der Waals surface area contributed by atoms with E-state index in [2.05, 4.69) is 10.2 Å². The van der Waals surface area contributed by atoms with Crippen LogP contribution in [0.4, 0.5) is 13.2 Å². The molecule has 0 aliphatic carbocycles. The summed E-state index contributed by atoms with van der Waals surface area (Å²) in [5.74, 6) is -1.14. The van der Waals surface area contributed by atoms with Crippen molar-refractivity contribution in [2.24, 2.45) is 0 Å². The van der Waals surface area contributed by atoms with Gasteiger partial charge in [-0.2, -0.15) is 13.2 Å². The van der Waals surface area contributed by atoms with Gasteiger partial charge in [-0.15, -0.1) is 10.2 Å². The molecule has 1 aliphatic rings. The van der Waals surface area contributed by atoms with E-state index in [1.54, 1.807) is 6.08 Å². The van der Waals surface area contributed by atoms with Crippen molar-refractivity contribution in [2.45, 2.75) is 19.3 Å². The number of halogens is 3. The zero-order valence-electron chi connectivity index (χ0n) is 12.0. The predicted molar refractivity (Wildman–Crippen MR) is 75.9 cm³/mol. The van der Waals surface area contributed by atoms with Crippen LogP contribution in [0.3, 0.4) is 0 Å². The summed E-state index contributed by atoms with van der Waals surface area (Å²) in [7, 11) is 0. The van der Waals surface area contributed by atoms with Gasteiger partial charge < -0.3 is 9.47 Å². The van der Waals surface area contributed by atoms with E-state index in [1.165, 1.54) is 11.0 Å². The maximum Gasteiger partial charge on any atom is 0.451 e. The Balaban J connectivity index is 1.71. The molecule has 0 bridgehead atoms. The molecule has 2 heterocycles. The minimum Gasteiger partial charge on any atom is -0.330 e. The van der Waals surface area contributed by atoms with E-state index in [4.69, 9.17) is 0 Å². The van der Waals surface area contributed by atoms with Gasteiger partial charge >= 0.3 is 6.18 Å². The predicted octanol–water partition coefficient (Wildman–Crippen LogP) is 2.35. The van der Waals surface area contributed by atoms with Crippen LogP contribution in [0, 0.1) is 0 Å². The average molecular weight is 322 g/mol. The Morgan fingerprint density at radius 2 is 1.87 bits per heavy atom. The van der Waals surface area contributed by atoms with E-state index in [1.807, 2.05) is 30.3 Å². The zero-order valence-corrected chi connectivity index (χ0v) is 12.0. The molecular weight excluding hydrogens is 309 g/mol. The normalized spacial score (nSPS) is 15.0. The lowest BCUT2D eigenvalue weighted by molar-refractivity contribution is -0.148.